The summed E-state index contributed by atoms with van der Waals surface area (Å²) in [5.74, 6) is -2.29. The number of fused-ring (bicyclic) bond motifs is 1. The van der Waals surface area contributed by atoms with Gasteiger partial charge >= 0.3 is 12.1 Å². The quantitative estimate of drug-likeness (QED) is 0.503. The fraction of sp³-hybridized carbons (Fsp3) is 0.348. The van der Waals surface area contributed by atoms with Gasteiger partial charge in [0.05, 0.1) is 29.6 Å². The first kappa shape index (κ1) is 22.9. The first-order valence-corrected chi connectivity index (χ1v) is 10.2. The summed E-state index contributed by atoms with van der Waals surface area (Å²) in [7, 11) is 1.31. The lowest BCUT2D eigenvalue weighted by molar-refractivity contribution is -0.140. The van der Waals surface area contributed by atoms with E-state index in [9.17, 15) is 27.2 Å². The lowest BCUT2D eigenvalue weighted by Crippen LogP contribution is -2.50. The van der Waals surface area contributed by atoms with E-state index in [1.54, 1.807) is 31.2 Å². The number of hydrogen-bond donors (Lipinski definition) is 0. The zero-order valence-electron chi connectivity index (χ0n) is 17.9. The fourth-order valence-electron chi connectivity index (χ4n) is 4.20. The molecule has 0 N–H and O–H groups in total. The number of alkyl halides is 3. The molecule has 0 aliphatic carbocycles. The van der Waals surface area contributed by atoms with Crippen molar-refractivity contribution in [3.63, 3.8) is 0 Å². The molecule has 1 atom stereocenters. The minimum atomic E-state index is -4.88. The van der Waals surface area contributed by atoms with Crippen LogP contribution in [0, 0.1) is 11.2 Å². The van der Waals surface area contributed by atoms with E-state index >= 15 is 0 Å². The number of benzene rings is 2. The minimum Gasteiger partial charge on any atom is -0.465 e. The summed E-state index contributed by atoms with van der Waals surface area (Å²) in [6.45, 7) is 3.17. The van der Waals surface area contributed by atoms with Crippen LogP contribution in [-0.2, 0) is 22.3 Å². The van der Waals surface area contributed by atoms with Crippen molar-refractivity contribution >= 4 is 23.3 Å². The maximum atomic E-state index is 13.7. The summed E-state index contributed by atoms with van der Waals surface area (Å²) in [5, 5.41) is 5.24. The molecule has 174 valence electrons. The molecule has 0 radical (unpaired) electrons. The van der Waals surface area contributed by atoms with Crippen LogP contribution in [0.3, 0.4) is 0 Å². The average molecular weight is 463 g/mol. The number of hydrogen-bond acceptors (Lipinski definition) is 5. The van der Waals surface area contributed by atoms with Crippen LogP contribution in [-0.4, -0.2) is 42.7 Å². The summed E-state index contributed by atoms with van der Waals surface area (Å²) in [4.78, 5) is 26.9. The maximum absolute atomic E-state index is 13.7. The molecule has 1 fully saturated rings. The molecule has 0 spiro atoms. The van der Waals surface area contributed by atoms with E-state index < -0.39 is 34.8 Å². The molecule has 2 aliphatic heterocycles. The lowest BCUT2D eigenvalue weighted by Gasteiger charge is -2.37. The number of carbonyl (C=O) groups excluding carboxylic acids is 2. The number of amides is 1. The normalized spacial score (nSPS) is 21.1. The van der Waals surface area contributed by atoms with Crippen LogP contribution >= 0.6 is 0 Å². The van der Waals surface area contributed by atoms with E-state index in [-0.39, 0.29) is 5.69 Å². The third-order valence-corrected chi connectivity index (χ3v) is 6.01. The standard InChI is InChI=1S/C23H21F4N3O3/c1-22-13-29(12-14-3-5-15(6-4-14)20(31)33-2)10-9-19(22)28-30(21(22)32)16-7-8-18(24)17(11-16)23(25,26)27/h3-8,11H,9-10,12-13H2,1-2H3. The first-order chi connectivity index (χ1) is 15.5. The zero-order valence-corrected chi connectivity index (χ0v) is 17.9. The largest absolute Gasteiger partial charge is 0.465 e. The average Bonchev–Trinajstić information content (AvgIpc) is 3.03. The molecule has 1 amide bonds. The Balaban J connectivity index is 1.52. The van der Waals surface area contributed by atoms with Gasteiger partial charge in [0, 0.05) is 26.1 Å². The Kier molecular flexibility index (Phi) is 5.73. The predicted octanol–water partition coefficient (Wildman–Crippen LogP) is 4.25. The van der Waals surface area contributed by atoms with Gasteiger partial charge in [-0.1, -0.05) is 12.1 Å². The number of ether oxygens (including phenoxy) is 1. The number of nitrogens with zero attached hydrogens (tertiary/aromatic N) is 3. The molecule has 4 rings (SSSR count). The van der Waals surface area contributed by atoms with Gasteiger partial charge in [-0.25, -0.2) is 9.18 Å². The minimum absolute atomic E-state index is 0.123. The molecule has 33 heavy (non-hydrogen) atoms. The Bertz CT molecular complexity index is 1130. The predicted molar refractivity (Wildman–Crippen MR) is 112 cm³/mol. The van der Waals surface area contributed by atoms with Gasteiger partial charge in [-0.15, -0.1) is 0 Å². The van der Waals surface area contributed by atoms with Crippen molar-refractivity contribution in [3.8, 4) is 0 Å². The molecule has 6 nitrogen and oxygen atoms in total. The van der Waals surface area contributed by atoms with E-state index in [2.05, 4.69) is 14.7 Å². The molecule has 1 unspecified atom stereocenters. The number of likely N-dealkylation sites (tertiary alicyclic amines) is 1. The molecular weight excluding hydrogens is 442 g/mol. The fourth-order valence-corrected chi connectivity index (χ4v) is 4.20. The summed E-state index contributed by atoms with van der Waals surface area (Å²) in [6, 6.07) is 9.35. The van der Waals surface area contributed by atoms with Crippen molar-refractivity contribution in [2.45, 2.75) is 26.1 Å². The topological polar surface area (TPSA) is 62.2 Å². The van der Waals surface area contributed by atoms with Gasteiger partial charge in [0.2, 0.25) is 0 Å². The zero-order chi connectivity index (χ0) is 24.0. The summed E-state index contributed by atoms with van der Waals surface area (Å²) in [5.41, 5.74) is -0.617. The van der Waals surface area contributed by atoms with Crippen LogP contribution in [0.4, 0.5) is 23.2 Å². The Morgan fingerprint density at radius 2 is 1.88 bits per heavy atom. The Morgan fingerprint density at radius 3 is 2.52 bits per heavy atom. The van der Waals surface area contributed by atoms with E-state index in [1.807, 2.05) is 0 Å². The molecular formula is C23H21F4N3O3. The number of hydrazone groups is 1. The highest BCUT2D eigenvalue weighted by Crippen LogP contribution is 2.40. The monoisotopic (exact) mass is 463 g/mol. The van der Waals surface area contributed by atoms with Crippen molar-refractivity contribution in [2.75, 3.05) is 25.2 Å². The highest BCUT2D eigenvalue weighted by molar-refractivity contribution is 6.19. The van der Waals surface area contributed by atoms with Crippen LogP contribution in [0.25, 0.3) is 0 Å². The molecule has 0 saturated carbocycles. The van der Waals surface area contributed by atoms with Crippen LogP contribution in [0.15, 0.2) is 47.6 Å². The molecule has 10 heteroatoms. The van der Waals surface area contributed by atoms with Crippen LogP contribution < -0.4 is 5.01 Å². The SMILES string of the molecule is COC(=O)c1ccc(CN2CCC3=NN(c4ccc(F)c(C(F)(F)F)c4)C(=O)C3(C)C2)cc1. The van der Waals surface area contributed by atoms with Crippen molar-refractivity contribution in [3.05, 3.63) is 65.0 Å². The maximum Gasteiger partial charge on any atom is 0.419 e. The molecule has 0 bridgehead atoms. The van der Waals surface area contributed by atoms with Gasteiger partial charge in [-0.2, -0.15) is 23.3 Å². The number of rotatable bonds is 4. The number of carbonyl (C=O) groups is 2. The van der Waals surface area contributed by atoms with E-state index in [0.717, 1.165) is 16.6 Å². The smallest absolute Gasteiger partial charge is 0.419 e. The molecule has 2 aromatic rings. The molecule has 1 saturated heterocycles. The molecule has 2 aromatic carbocycles. The van der Waals surface area contributed by atoms with E-state index in [0.29, 0.717) is 49.5 Å². The molecule has 2 aliphatic rings. The van der Waals surface area contributed by atoms with Crippen molar-refractivity contribution in [1.29, 1.82) is 0 Å². The summed E-state index contributed by atoms with van der Waals surface area (Å²) >= 11 is 0. The van der Waals surface area contributed by atoms with Crippen LogP contribution in [0.1, 0.15) is 34.8 Å². The van der Waals surface area contributed by atoms with Crippen molar-refractivity contribution in [1.82, 2.24) is 4.90 Å². The van der Waals surface area contributed by atoms with Crippen molar-refractivity contribution in [2.24, 2.45) is 10.5 Å². The Morgan fingerprint density at radius 1 is 1.18 bits per heavy atom. The summed E-state index contributed by atoms with van der Waals surface area (Å²) < 4.78 is 57.7. The third-order valence-electron chi connectivity index (χ3n) is 6.01. The van der Waals surface area contributed by atoms with Gasteiger partial charge in [0.1, 0.15) is 11.2 Å². The number of piperidine rings is 1. The van der Waals surface area contributed by atoms with Gasteiger partial charge in [-0.3, -0.25) is 9.69 Å². The number of methoxy groups -OCH3 is 1. The second-order valence-corrected chi connectivity index (χ2v) is 8.31. The third kappa shape index (κ3) is 4.22. The summed E-state index contributed by atoms with van der Waals surface area (Å²) in [6.07, 6.45) is -4.42. The highest BCUT2D eigenvalue weighted by atomic mass is 19.4. The Hall–Kier alpha value is -3.27. The van der Waals surface area contributed by atoms with Gasteiger partial charge < -0.3 is 4.74 Å². The van der Waals surface area contributed by atoms with E-state index in [4.69, 9.17) is 0 Å². The first-order valence-electron chi connectivity index (χ1n) is 10.2. The number of halogens is 4. The van der Waals surface area contributed by atoms with Crippen molar-refractivity contribution < 1.29 is 31.9 Å². The van der Waals surface area contributed by atoms with Crippen LogP contribution in [0.2, 0.25) is 0 Å². The second kappa shape index (κ2) is 8.26. The van der Waals surface area contributed by atoms with Gasteiger partial charge in [0.25, 0.3) is 5.91 Å². The number of anilines is 1. The van der Waals surface area contributed by atoms with Gasteiger partial charge in [0.15, 0.2) is 0 Å². The lowest BCUT2D eigenvalue weighted by atomic mass is 9.79. The number of esters is 1. The highest BCUT2D eigenvalue weighted by Gasteiger charge is 2.50. The molecule has 0 aromatic heterocycles. The van der Waals surface area contributed by atoms with Crippen LogP contribution in [0.5, 0.6) is 0 Å². The second-order valence-electron chi connectivity index (χ2n) is 8.31. The van der Waals surface area contributed by atoms with Gasteiger partial charge in [-0.05, 0) is 42.8 Å². The van der Waals surface area contributed by atoms with E-state index in [1.165, 1.54) is 7.11 Å². The Labute approximate surface area is 187 Å². The molecule has 2 heterocycles.